The highest BCUT2D eigenvalue weighted by atomic mass is 32.2. The number of aryl methyl sites for hydroxylation is 2. The van der Waals surface area contributed by atoms with Crippen LogP contribution in [0.4, 0.5) is 18.9 Å². The van der Waals surface area contributed by atoms with Crippen molar-refractivity contribution in [3.05, 3.63) is 93.1 Å². The van der Waals surface area contributed by atoms with E-state index in [1.54, 1.807) is 36.2 Å². The number of non-ortho nitro benzene ring substituents is 1. The van der Waals surface area contributed by atoms with Gasteiger partial charge in [-0.15, -0.1) is 0 Å². The highest BCUT2D eigenvalue weighted by Crippen LogP contribution is 2.52. The van der Waals surface area contributed by atoms with Crippen LogP contribution >= 0.6 is 23.1 Å². The Morgan fingerprint density at radius 3 is 2.45 bits per heavy atom. The standard InChI is InChI=1S/C30H30N5O6S2.CHF3O3S/c1-17-23(22-14-33-16-32(28(42-3)29(33)43-22)13-11-20-6-4-5-12-31-20)26(34-25(17)24(18(2)36)27(34)37)30(38)41-15-19-7-9-21(10-8-19)35(39)40;2-1(3,4)8(5,6)7/h4-10,12,14,16-18,24-25,36H,11,13,15H2,1-3H3;(H,5,6,7)/q+1;/p-1/t17-,18+,24+,25+;/m0./s1. The first kappa shape index (κ1) is 37.9. The summed E-state index contributed by atoms with van der Waals surface area (Å²) >= 11 is 3.19. The molecule has 6 rings (SSSR count). The fourth-order valence-corrected chi connectivity index (χ4v) is 8.22. The summed E-state index contributed by atoms with van der Waals surface area (Å²) in [5.41, 5.74) is -3.19. The van der Waals surface area contributed by atoms with E-state index in [9.17, 15) is 38.0 Å². The molecule has 20 heteroatoms. The number of nitrogens with zero attached hydrogens (tertiary/aromatic N) is 5. The lowest BCUT2D eigenvalue weighted by Crippen LogP contribution is -2.63. The Morgan fingerprint density at radius 1 is 1.24 bits per heavy atom. The smallest absolute Gasteiger partial charge is 0.485 e. The van der Waals surface area contributed by atoms with E-state index < -0.39 is 38.5 Å². The number of fused-ring (bicyclic) bond motifs is 2. The molecule has 4 aromatic rings. The number of carbonyl (C=O) groups excluding carboxylic acids is 2. The minimum absolute atomic E-state index is 0.0559. The molecule has 1 N–H and O–H groups in total. The van der Waals surface area contributed by atoms with E-state index in [1.165, 1.54) is 29.2 Å². The number of hydrogen-bond acceptors (Lipinski definition) is 12. The molecule has 2 aliphatic rings. The molecule has 14 nitrogen and oxygen atoms in total. The van der Waals surface area contributed by atoms with Crippen molar-refractivity contribution in [3.8, 4) is 0 Å². The second-order valence-electron chi connectivity index (χ2n) is 11.6. The summed E-state index contributed by atoms with van der Waals surface area (Å²) in [6.45, 7) is 4.23. The zero-order valence-corrected chi connectivity index (χ0v) is 29.5. The van der Waals surface area contributed by atoms with Gasteiger partial charge in [-0.1, -0.05) is 36.1 Å². The number of esters is 1. The van der Waals surface area contributed by atoms with Crippen LogP contribution in [0, 0.1) is 22.0 Å². The molecule has 0 saturated carbocycles. The first-order valence-corrected chi connectivity index (χ1v) is 18.6. The Morgan fingerprint density at radius 2 is 1.90 bits per heavy atom. The second kappa shape index (κ2) is 14.7. The van der Waals surface area contributed by atoms with Gasteiger partial charge in [0, 0.05) is 41.9 Å². The lowest BCUT2D eigenvalue weighted by molar-refractivity contribution is -0.729. The summed E-state index contributed by atoms with van der Waals surface area (Å²) in [5.74, 6) is -1.76. The van der Waals surface area contributed by atoms with Gasteiger partial charge >= 0.3 is 11.5 Å². The number of carbonyl (C=O) groups is 2. The maximum atomic E-state index is 13.6. The summed E-state index contributed by atoms with van der Waals surface area (Å²) in [6, 6.07) is 11.3. The third kappa shape index (κ3) is 7.64. The molecule has 272 valence electrons. The number of nitro benzene ring substituents is 1. The Hall–Kier alpha value is -4.37. The van der Waals surface area contributed by atoms with E-state index in [0.29, 0.717) is 5.56 Å². The number of halogens is 3. The van der Waals surface area contributed by atoms with Gasteiger partial charge in [0.1, 0.15) is 18.5 Å². The van der Waals surface area contributed by atoms with Crippen LogP contribution in [-0.2, 0) is 44.0 Å². The minimum Gasteiger partial charge on any atom is -0.741 e. The molecule has 51 heavy (non-hydrogen) atoms. The quantitative estimate of drug-likeness (QED) is 0.0360. The van der Waals surface area contributed by atoms with Gasteiger partial charge in [-0.05, 0) is 43.0 Å². The first-order valence-electron chi connectivity index (χ1n) is 15.1. The van der Waals surface area contributed by atoms with Gasteiger partial charge in [0.2, 0.25) is 15.8 Å². The van der Waals surface area contributed by atoms with E-state index in [-0.39, 0.29) is 35.9 Å². The van der Waals surface area contributed by atoms with Gasteiger partial charge in [0.25, 0.3) is 12.0 Å². The number of amides is 1. The van der Waals surface area contributed by atoms with Gasteiger partial charge in [-0.2, -0.15) is 17.6 Å². The van der Waals surface area contributed by atoms with Crippen molar-refractivity contribution < 1.29 is 55.1 Å². The number of β-lactam (4-membered cyclic amide) rings is 1. The van der Waals surface area contributed by atoms with Gasteiger partial charge in [-0.3, -0.25) is 19.9 Å². The van der Waals surface area contributed by atoms with Crippen LogP contribution in [0.2, 0.25) is 0 Å². The molecule has 0 spiro atoms. The predicted molar refractivity (Wildman–Crippen MR) is 176 cm³/mol. The molecule has 0 unspecified atom stereocenters. The molecule has 1 aromatic carbocycles. The summed E-state index contributed by atoms with van der Waals surface area (Å²) in [6.07, 6.45) is 7.78. The van der Waals surface area contributed by atoms with Crippen LogP contribution in [0.5, 0.6) is 0 Å². The van der Waals surface area contributed by atoms with Crippen molar-refractivity contribution in [2.45, 2.75) is 56.1 Å². The average molecular weight is 770 g/mol. The predicted octanol–water partition coefficient (Wildman–Crippen LogP) is 3.92. The number of thiazole rings is 1. The van der Waals surface area contributed by atoms with Crippen molar-refractivity contribution in [2.75, 3.05) is 6.26 Å². The summed E-state index contributed by atoms with van der Waals surface area (Å²) in [4.78, 5) is 45.1. The zero-order chi connectivity index (χ0) is 37.4. The SMILES string of the molecule is CSc1c2sc(C3=C(C(=O)OCc4ccc([N+](=O)[O-])cc4)N4C(=O)[C@H]([C@@H](C)O)[C@H]4[C@H]3C)cn2c[n+]1CCc1ccccn1.O=S(=O)([O-])C(F)(F)F. The van der Waals surface area contributed by atoms with Crippen molar-refractivity contribution in [3.63, 3.8) is 0 Å². The van der Waals surface area contributed by atoms with Crippen LogP contribution in [0.25, 0.3) is 10.4 Å². The number of nitro groups is 1. The van der Waals surface area contributed by atoms with Crippen molar-refractivity contribution in [2.24, 2.45) is 11.8 Å². The maximum Gasteiger partial charge on any atom is 0.485 e. The van der Waals surface area contributed by atoms with Gasteiger partial charge in [0.15, 0.2) is 10.1 Å². The molecule has 1 amide bonds. The number of thioether (sulfide) groups is 1. The molecule has 3 aromatic heterocycles. The van der Waals surface area contributed by atoms with Crippen molar-refractivity contribution in [1.82, 2.24) is 14.3 Å². The number of hydrogen-bond donors (Lipinski definition) is 1. The van der Waals surface area contributed by atoms with Gasteiger partial charge in [-0.25, -0.2) is 17.8 Å². The largest absolute Gasteiger partial charge is 0.741 e. The van der Waals surface area contributed by atoms with Crippen LogP contribution in [0.3, 0.4) is 0 Å². The first-order chi connectivity index (χ1) is 23.9. The molecular formula is C31H30F3N5O9S3. The number of aromatic nitrogens is 3. The van der Waals surface area contributed by atoms with Gasteiger partial charge in [0.05, 0.1) is 34.4 Å². The normalized spacial score (nSPS) is 19.3. The monoisotopic (exact) mass is 769 g/mol. The third-order valence-electron chi connectivity index (χ3n) is 8.36. The Bertz CT molecular complexity index is 2100. The summed E-state index contributed by atoms with van der Waals surface area (Å²) in [5, 5.41) is 22.4. The highest BCUT2D eigenvalue weighted by Gasteiger charge is 2.60. The van der Waals surface area contributed by atoms with E-state index >= 15 is 0 Å². The number of benzene rings is 1. The second-order valence-corrected chi connectivity index (χ2v) is 14.8. The van der Waals surface area contributed by atoms with E-state index in [0.717, 1.165) is 39.0 Å². The van der Waals surface area contributed by atoms with Crippen LogP contribution in [-0.4, -0.2) is 73.1 Å². The fraction of sp³-hybridized carbons (Fsp3) is 0.355. The number of rotatable bonds is 10. The molecule has 1 saturated heterocycles. The summed E-state index contributed by atoms with van der Waals surface area (Å²) < 4.78 is 68.8. The van der Waals surface area contributed by atoms with Crippen molar-refractivity contribution >= 4 is 61.2 Å². The fourth-order valence-electron chi connectivity index (χ4n) is 6.02. The lowest BCUT2D eigenvalue weighted by Gasteiger charge is -2.46. The minimum atomic E-state index is -6.09. The molecule has 0 radical (unpaired) electrons. The number of alkyl halides is 3. The number of pyridine rings is 1. The van der Waals surface area contributed by atoms with E-state index in [1.807, 2.05) is 48.3 Å². The highest BCUT2D eigenvalue weighted by molar-refractivity contribution is 7.98. The van der Waals surface area contributed by atoms with E-state index in [2.05, 4.69) is 9.55 Å². The number of ether oxygens (including phenoxy) is 1. The third-order valence-corrected chi connectivity index (χ3v) is 11.0. The number of aliphatic hydroxyl groups is 1. The maximum absolute atomic E-state index is 13.6. The molecule has 4 atom stereocenters. The van der Waals surface area contributed by atoms with Crippen LogP contribution < -0.4 is 4.57 Å². The topological polar surface area (TPSA) is 188 Å². The molecular weight excluding hydrogens is 740 g/mol. The van der Waals surface area contributed by atoms with Gasteiger partial charge < -0.3 is 19.3 Å². The summed E-state index contributed by atoms with van der Waals surface area (Å²) in [7, 11) is -6.09. The average Bonchev–Trinajstić information content (AvgIpc) is 3.69. The van der Waals surface area contributed by atoms with Crippen molar-refractivity contribution in [1.29, 1.82) is 0 Å². The molecule has 0 aliphatic carbocycles. The Balaban J connectivity index is 0.000000565. The molecule has 2 aliphatic heterocycles. The molecule has 0 bridgehead atoms. The van der Waals surface area contributed by atoms with Crippen LogP contribution in [0.1, 0.15) is 30.0 Å². The molecule has 1 fully saturated rings. The number of imidazole rings is 1. The number of aliphatic hydroxyl groups excluding tert-OH is 1. The van der Waals surface area contributed by atoms with E-state index in [4.69, 9.17) is 17.7 Å². The lowest BCUT2D eigenvalue weighted by atomic mass is 9.77. The molecule has 5 heterocycles. The zero-order valence-electron chi connectivity index (χ0n) is 27.0. The van der Waals surface area contributed by atoms with Crippen LogP contribution in [0.15, 0.2) is 71.9 Å². The Labute approximate surface area is 297 Å². The Kier molecular flexibility index (Phi) is 10.9.